The molecule has 2 heterocycles. The van der Waals surface area contributed by atoms with E-state index < -0.39 is 0 Å². The van der Waals surface area contributed by atoms with Gasteiger partial charge in [0.25, 0.3) is 5.91 Å². The molecule has 1 amide bonds. The van der Waals surface area contributed by atoms with Crippen LogP contribution in [-0.4, -0.2) is 17.4 Å². The Bertz CT molecular complexity index is 503. The second kappa shape index (κ2) is 5.42. The van der Waals surface area contributed by atoms with Gasteiger partial charge in [0.2, 0.25) is 0 Å². The molecular formula is C12H14N2OS2. The molecule has 0 atom stereocenters. The third kappa shape index (κ3) is 2.73. The first-order chi connectivity index (χ1) is 8.22. The van der Waals surface area contributed by atoms with Crippen LogP contribution in [0.25, 0.3) is 10.6 Å². The van der Waals surface area contributed by atoms with E-state index in [4.69, 9.17) is 0 Å². The Kier molecular flexibility index (Phi) is 3.91. The molecule has 0 aromatic carbocycles. The van der Waals surface area contributed by atoms with Crippen LogP contribution in [-0.2, 0) is 0 Å². The molecule has 17 heavy (non-hydrogen) atoms. The minimum Gasteiger partial charge on any atom is -0.351 e. The van der Waals surface area contributed by atoms with E-state index in [-0.39, 0.29) is 5.91 Å². The number of nitrogens with one attached hydrogen (secondary N) is 1. The predicted molar refractivity (Wildman–Crippen MR) is 72.8 cm³/mol. The molecule has 0 bridgehead atoms. The number of aromatic nitrogens is 1. The van der Waals surface area contributed by atoms with Gasteiger partial charge in [0.05, 0.1) is 5.69 Å². The Morgan fingerprint density at radius 1 is 1.53 bits per heavy atom. The van der Waals surface area contributed by atoms with Crippen molar-refractivity contribution in [1.29, 1.82) is 0 Å². The number of amides is 1. The Morgan fingerprint density at radius 3 is 3.00 bits per heavy atom. The molecule has 0 aliphatic rings. The Hall–Kier alpha value is -1.20. The van der Waals surface area contributed by atoms with E-state index >= 15 is 0 Å². The smallest absolute Gasteiger partial charge is 0.263 e. The Labute approximate surface area is 109 Å². The summed E-state index contributed by atoms with van der Waals surface area (Å²) in [5, 5.41) is 7.87. The highest BCUT2D eigenvalue weighted by atomic mass is 32.1. The zero-order valence-corrected chi connectivity index (χ0v) is 11.5. The molecule has 5 heteroatoms. The van der Waals surface area contributed by atoms with Gasteiger partial charge in [-0.3, -0.25) is 4.79 Å². The van der Waals surface area contributed by atoms with Crippen LogP contribution >= 0.6 is 22.7 Å². The third-order valence-electron chi connectivity index (χ3n) is 2.31. The first-order valence-corrected chi connectivity index (χ1v) is 7.26. The van der Waals surface area contributed by atoms with Crippen molar-refractivity contribution in [2.75, 3.05) is 6.54 Å². The number of thiophene rings is 1. The zero-order chi connectivity index (χ0) is 12.3. The van der Waals surface area contributed by atoms with Crippen LogP contribution < -0.4 is 5.32 Å². The highest BCUT2D eigenvalue weighted by molar-refractivity contribution is 7.17. The fourth-order valence-corrected chi connectivity index (χ4v) is 3.13. The molecule has 0 radical (unpaired) electrons. The summed E-state index contributed by atoms with van der Waals surface area (Å²) in [5.41, 5.74) is 1.91. The summed E-state index contributed by atoms with van der Waals surface area (Å²) >= 11 is 3.10. The number of rotatable bonds is 4. The van der Waals surface area contributed by atoms with Crippen molar-refractivity contribution in [1.82, 2.24) is 10.3 Å². The lowest BCUT2D eigenvalue weighted by atomic mass is 10.3. The highest BCUT2D eigenvalue weighted by Crippen LogP contribution is 2.29. The standard InChI is InChI=1S/C12H14N2OS2/c1-3-5-13-11(15)10-8(2)14-12(17-10)9-4-6-16-7-9/h4,6-7H,3,5H2,1-2H3,(H,13,15). The van der Waals surface area contributed by atoms with Crippen molar-refractivity contribution >= 4 is 28.6 Å². The minimum absolute atomic E-state index is 0.0108. The fourth-order valence-electron chi connectivity index (χ4n) is 1.44. The van der Waals surface area contributed by atoms with Crippen LogP contribution in [0.1, 0.15) is 28.7 Å². The number of hydrogen-bond acceptors (Lipinski definition) is 4. The maximum absolute atomic E-state index is 11.9. The molecule has 2 aromatic rings. The van der Waals surface area contributed by atoms with Crippen molar-refractivity contribution < 1.29 is 4.79 Å². The fraction of sp³-hybridized carbons (Fsp3) is 0.333. The van der Waals surface area contributed by atoms with Crippen LogP contribution in [0.5, 0.6) is 0 Å². The zero-order valence-electron chi connectivity index (χ0n) is 9.82. The largest absolute Gasteiger partial charge is 0.351 e. The topological polar surface area (TPSA) is 42.0 Å². The van der Waals surface area contributed by atoms with Crippen molar-refractivity contribution in [2.45, 2.75) is 20.3 Å². The van der Waals surface area contributed by atoms with Gasteiger partial charge in [-0.25, -0.2) is 4.98 Å². The van der Waals surface area contributed by atoms with E-state index in [1.54, 1.807) is 11.3 Å². The molecule has 0 spiro atoms. The van der Waals surface area contributed by atoms with Gasteiger partial charge in [-0.05, 0) is 24.8 Å². The van der Waals surface area contributed by atoms with Gasteiger partial charge >= 0.3 is 0 Å². The Morgan fingerprint density at radius 2 is 2.35 bits per heavy atom. The molecule has 90 valence electrons. The van der Waals surface area contributed by atoms with Gasteiger partial charge in [0.1, 0.15) is 9.88 Å². The van der Waals surface area contributed by atoms with Gasteiger partial charge in [-0.15, -0.1) is 11.3 Å². The summed E-state index contributed by atoms with van der Waals surface area (Å²) in [6.07, 6.45) is 0.945. The van der Waals surface area contributed by atoms with E-state index in [1.807, 2.05) is 30.7 Å². The van der Waals surface area contributed by atoms with Crippen molar-refractivity contribution in [3.05, 3.63) is 27.4 Å². The van der Waals surface area contributed by atoms with Crippen LogP contribution in [0.2, 0.25) is 0 Å². The molecule has 0 saturated heterocycles. The number of thiazole rings is 1. The second-order valence-corrected chi connectivity index (χ2v) is 5.48. The van der Waals surface area contributed by atoms with E-state index in [9.17, 15) is 4.79 Å². The van der Waals surface area contributed by atoms with Gasteiger partial charge in [-0.1, -0.05) is 6.92 Å². The number of carbonyl (C=O) groups excluding carboxylic acids is 1. The monoisotopic (exact) mass is 266 g/mol. The molecule has 3 nitrogen and oxygen atoms in total. The lowest BCUT2D eigenvalue weighted by Gasteiger charge is -2.00. The van der Waals surface area contributed by atoms with Gasteiger partial charge in [0, 0.05) is 17.5 Å². The highest BCUT2D eigenvalue weighted by Gasteiger charge is 2.15. The van der Waals surface area contributed by atoms with Crippen LogP contribution in [0.4, 0.5) is 0 Å². The lowest BCUT2D eigenvalue weighted by Crippen LogP contribution is -2.23. The molecule has 0 aliphatic heterocycles. The lowest BCUT2D eigenvalue weighted by molar-refractivity contribution is 0.0957. The number of hydrogen-bond donors (Lipinski definition) is 1. The molecule has 2 aromatic heterocycles. The van der Waals surface area contributed by atoms with E-state index in [0.29, 0.717) is 6.54 Å². The summed E-state index contributed by atoms with van der Waals surface area (Å²) in [4.78, 5) is 17.0. The summed E-state index contributed by atoms with van der Waals surface area (Å²) in [6, 6.07) is 2.02. The third-order valence-corrected chi connectivity index (χ3v) is 4.20. The first kappa shape index (κ1) is 12.3. The van der Waals surface area contributed by atoms with Gasteiger partial charge in [0.15, 0.2) is 0 Å². The number of nitrogens with zero attached hydrogens (tertiary/aromatic N) is 1. The summed E-state index contributed by atoms with van der Waals surface area (Å²) < 4.78 is 0. The van der Waals surface area contributed by atoms with Crippen LogP contribution in [0.3, 0.4) is 0 Å². The molecule has 0 unspecified atom stereocenters. The minimum atomic E-state index is -0.0108. The van der Waals surface area contributed by atoms with E-state index in [0.717, 1.165) is 27.6 Å². The van der Waals surface area contributed by atoms with Crippen molar-refractivity contribution in [2.24, 2.45) is 0 Å². The maximum atomic E-state index is 11.9. The number of carbonyl (C=O) groups is 1. The molecule has 1 N–H and O–H groups in total. The molecule has 0 aliphatic carbocycles. The molecule has 0 saturated carbocycles. The summed E-state index contributed by atoms with van der Waals surface area (Å²) in [7, 11) is 0. The Balaban J connectivity index is 2.22. The quantitative estimate of drug-likeness (QED) is 0.922. The molecular weight excluding hydrogens is 252 g/mol. The van der Waals surface area contributed by atoms with E-state index in [1.165, 1.54) is 11.3 Å². The molecule has 2 rings (SSSR count). The average Bonchev–Trinajstić information content (AvgIpc) is 2.94. The van der Waals surface area contributed by atoms with Gasteiger partial charge in [-0.2, -0.15) is 11.3 Å². The first-order valence-electron chi connectivity index (χ1n) is 5.50. The summed E-state index contributed by atoms with van der Waals surface area (Å²) in [6.45, 7) is 4.63. The SMILES string of the molecule is CCCNC(=O)c1sc(-c2ccsc2)nc1C. The maximum Gasteiger partial charge on any atom is 0.263 e. The van der Waals surface area contributed by atoms with Crippen molar-refractivity contribution in [3.63, 3.8) is 0 Å². The van der Waals surface area contributed by atoms with Gasteiger partial charge < -0.3 is 5.32 Å². The predicted octanol–water partition coefficient (Wildman–Crippen LogP) is 3.32. The average molecular weight is 266 g/mol. The van der Waals surface area contributed by atoms with E-state index in [2.05, 4.69) is 10.3 Å². The number of aryl methyl sites for hydroxylation is 1. The summed E-state index contributed by atoms with van der Waals surface area (Å²) in [5.74, 6) is -0.0108. The second-order valence-electron chi connectivity index (χ2n) is 3.70. The van der Waals surface area contributed by atoms with Crippen molar-refractivity contribution in [3.8, 4) is 10.6 Å². The normalized spacial score (nSPS) is 10.5. The molecule has 0 fully saturated rings. The van der Waals surface area contributed by atoms with Crippen LogP contribution in [0.15, 0.2) is 16.8 Å². The van der Waals surface area contributed by atoms with Crippen LogP contribution in [0, 0.1) is 6.92 Å².